The van der Waals surface area contributed by atoms with Crippen LogP contribution in [0.1, 0.15) is 124 Å². The molecular weight excluding hydrogens is 1390 g/mol. The quantitative estimate of drug-likeness (QED) is 0.0295. The van der Waals surface area contributed by atoms with Gasteiger partial charge in [-0.15, -0.1) is 0 Å². The number of nitrogens with zero attached hydrogens (tertiary/aromatic N) is 11. The predicted molar refractivity (Wildman–Crippen MR) is 379 cm³/mol. The summed E-state index contributed by atoms with van der Waals surface area (Å²) < 4.78 is 43.9. The minimum absolute atomic E-state index is 0.00559. The molecule has 0 fully saturated rings. The number of carboxylic acid groups (broad SMARTS) is 2. The van der Waals surface area contributed by atoms with Crippen molar-refractivity contribution in [3.63, 3.8) is 0 Å². The van der Waals surface area contributed by atoms with Crippen LogP contribution in [0.5, 0.6) is 0 Å². The number of carbonyl (C=O) groups is 12. The van der Waals surface area contributed by atoms with Gasteiger partial charge in [-0.05, 0) is 94.0 Å². The first-order valence-electron chi connectivity index (χ1n) is 32.1. The number of anilines is 7. The number of hydrogen-bond acceptors (Lipinski definition) is 16. The van der Waals surface area contributed by atoms with Crippen LogP contribution < -0.4 is 58.9 Å². The molecule has 0 aliphatic rings. The van der Waals surface area contributed by atoms with Gasteiger partial charge in [0.2, 0.25) is 11.7 Å². The number of rotatable bonds is 29. The molecule has 1 aromatic carbocycles. The molecule has 0 saturated carbocycles. The van der Waals surface area contributed by atoms with Crippen LogP contribution in [0.25, 0.3) is 0 Å². The zero-order chi connectivity index (χ0) is 77.6. The molecule has 0 aliphatic heterocycles. The Balaban J connectivity index is 0.00000193. The number of benzene rings is 1. The molecule has 0 unspecified atom stereocenters. The molecule has 8 heterocycles. The number of hydrogen-bond donors (Lipinski definition) is 13. The van der Waals surface area contributed by atoms with Crippen LogP contribution in [-0.4, -0.2) is 185 Å². The van der Waals surface area contributed by atoms with Gasteiger partial charge in [0.15, 0.2) is 11.6 Å². The van der Waals surface area contributed by atoms with E-state index < -0.39 is 71.4 Å². The van der Waals surface area contributed by atoms with Crippen LogP contribution in [0.3, 0.4) is 0 Å². The Kier molecular flexibility index (Phi) is 25.2. The molecular formula is C67H77F3N22O14. The highest BCUT2D eigenvalue weighted by molar-refractivity contribution is 6.10. The molecule has 560 valence electrons. The van der Waals surface area contributed by atoms with Gasteiger partial charge in [-0.1, -0.05) is 6.07 Å². The summed E-state index contributed by atoms with van der Waals surface area (Å²) in [6.45, 7) is 2.10. The van der Waals surface area contributed by atoms with Crippen LogP contribution in [0.15, 0.2) is 116 Å². The topological polar surface area (TPSA) is 460 Å². The largest absolute Gasteiger partial charge is 0.490 e. The summed E-state index contributed by atoms with van der Waals surface area (Å²) in [7, 11) is 14.9. The average molecular weight is 1470 g/mol. The highest BCUT2D eigenvalue weighted by Gasteiger charge is 2.38. The van der Waals surface area contributed by atoms with Gasteiger partial charge in [0.25, 0.3) is 53.2 Å². The lowest BCUT2D eigenvalue weighted by atomic mass is 10.1. The second-order valence-electron chi connectivity index (χ2n) is 24.3. The van der Waals surface area contributed by atoms with Crippen LogP contribution in [0.4, 0.5) is 53.1 Å². The highest BCUT2D eigenvalue weighted by Crippen LogP contribution is 2.24. The first-order chi connectivity index (χ1) is 50.0. The minimum atomic E-state index is -5.08. The summed E-state index contributed by atoms with van der Waals surface area (Å²) >= 11 is 0. The molecule has 9 aromatic rings. The summed E-state index contributed by atoms with van der Waals surface area (Å²) in [6, 6.07) is 13.6. The number of imidazole rings is 2. The van der Waals surface area contributed by atoms with Crippen molar-refractivity contribution in [1.82, 2.24) is 67.4 Å². The summed E-state index contributed by atoms with van der Waals surface area (Å²) in [5.74, 6) is -8.82. The fourth-order valence-electron chi connectivity index (χ4n) is 10.6. The highest BCUT2D eigenvalue weighted by atomic mass is 19.4. The average Bonchev–Trinajstić information content (AvgIpc) is 1.67. The van der Waals surface area contributed by atoms with Crippen molar-refractivity contribution in [1.29, 1.82) is 0 Å². The predicted octanol–water partition coefficient (Wildman–Crippen LogP) is 3.99. The van der Waals surface area contributed by atoms with E-state index in [1.807, 2.05) is 7.05 Å². The first-order valence-corrected chi connectivity index (χ1v) is 32.1. The molecule has 106 heavy (non-hydrogen) atoms. The van der Waals surface area contributed by atoms with Gasteiger partial charge in [-0.3, -0.25) is 47.9 Å². The molecule has 10 amide bonds. The lowest BCUT2D eigenvalue weighted by molar-refractivity contribution is -0.192. The number of aromatic nitrogens is 10. The molecule has 0 saturated heterocycles. The second kappa shape index (κ2) is 34.1. The molecule has 8 aromatic heterocycles. The molecule has 9 rings (SSSR count). The van der Waals surface area contributed by atoms with E-state index in [1.54, 1.807) is 113 Å². The third-order valence-electron chi connectivity index (χ3n) is 16.0. The van der Waals surface area contributed by atoms with Crippen molar-refractivity contribution in [2.75, 3.05) is 77.0 Å². The van der Waals surface area contributed by atoms with Gasteiger partial charge in [0.1, 0.15) is 34.2 Å². The third-order valence-corrected chi connectivity index (χ3v) is 16.0. The molecule has 0 aliphatic carbocycles. The van der Waals surface area contributed by atoms with Crippen molar-refractivity contribution in [2.24, 2.45) is 62.1 Å². The van der Waals surface area contributed by atoms with E-state index in [0.29, 0.717) is 73.2 Å². The third kappa shape index (κ3) is 20.5. The van der Waals surface area contributed by atoms with E-state index in [-0.39, 0.29) is 87.5 Å². The zero-order valence-electron chi connectivity index (χ0n) is 58.6. The van der Waals surface area contributed by atoms with Crippen LogP contribution in [0, 0.1) is 0 Å². The number of carbonyl (C=O) groups excluding carboxylic acids is 10. The Morgan fingerprint density at radius 1 is 0.453 bits per heavy atom. The van der Waals surface area contributed by atoms with E-state index in [2.05, 4.69) is 68.0 Å². The Morgan fingerprint density at radius 2 is 0.802 bits per heavy atom. The molecule has 0 spiro atoms. The summed E-state index contributed by atoms with van der Waals surface area (Å²) in [5, 5.41) is 43.9. The van der Waals surface area contributed by atoms with Gasteiger partial charge >= 0.3 is 18.1 Å². The van der Waals surface area contributed by atoms with Gasteiger partial charge in [0, 0.05) is 137 Å². The molecule has 39 heteroatoms. The maximum absolute atomic E-state index is 13.6. The van der Waals surface area contributed by atoms with E-state index in [1.165, 1.54) is 96.2 Å². The molecule has 1 atom stereocenters. The summed E-state index contributed by atoms with van der Waals surface area (Å²) in [5.41, 5.74) is 9.67. The van der Waals surface area contributed by atoms with E-state index in [9.17, 15) is 71.0 Å². The molecule has 14 N–H and O–H groups in total. The summed E-state index contributed by atoms with van der Waals surface area (Å²) in [6.07, 6.45) is 10.1. The number of carboxylic acids is 2. The number of aryl methyl sites for hydroxylation is 8. The monoisotopic (exact) mass is 1470 g/mol. The Bertz CT molecular complexity index is 4850. The van der Waals surface area contributed by atoms with Gasteiger partial charge in [-0.25, -0.2) is 19.6 Å². The maximum Gasteiger partial charge on any atom is 0.490 e. The smallest absolute Gasteiger partial charge is 0.478 e. The van der Waals surface area contributed by atoms with Crippen molar-refractivity contribution in [3.8, 4) is 0 Å². The fraction of sp³-hybridized carbons (Fsp3) is 0.284. The standard InChI is InChI=1S/C65H76N22O12.C2HF3O2/c1-79(20-11-16-68-55(88)37-13-10-14-38(23-37)65(98)99)21-12-17-69-57(90)46-24-39(30-81(46)3)71-59(92)48-27-42(33-83(48)5)74-62(95)51-29-44(35-86(51)8)76-64(97)54-77-52(36-87(54)9)78-56(89)45(66)15-18-70-58(91)47-25-40(31-82(47)4)72-60(93)49-26-41(32-84(49)6)73-61(94)50-28-43(34-85(50)7)75-63(96)53-67-19-22-80(53)2;3-2(4,5)1(6)7/h10,13-14,19,22-36,45H,11-12,15-18,20-21,66H2,1-9H3,(H,68,88)(H,69,90)(H,70,91)(H,71,92)(H,72,93)(H,73,94)(H,74,95)(H,75,96)(H,76,97)(H,78,89)(H,98,99);(H,6,7)/t45-;/m1./s1. The Morgan fingerprint density at radius 3 is 1.17 bits per heavy atom. The number of nitrogens with one attached hydrogen (secondary N) is 10. The number of amides is 10. The minimum Gasteiger partial charge on any atom is -0.478 e. The van der Waals surface area contributed by atoms with Crippen LogP contribution >= 0.6 is 0 Å². The van der Waals surface area contributed by atoms with Crippen LogP contribution in [-0.2, 0) is 66.0 Å². The molecule has 0 bridgehead atoms. The maximum atomic E-state index is 13.6. The normalized spacial score (nSPS) is 11.4. The van der Waals surface area contributed by atoms with Crippen molar-refractivity contribution < 1.29 is 80.9 Å². The lowest BCUT2D eigenvalue weighted by Gasteiger charge is -2.17. The number of nitrogens with two attached hydrogens (primary N) is 1. The zero-order valence-corrected chi connectivity index (χ0v) is 58.6. The Labute approximate surface area is 601 Å². The Hall–Kier alpha value is -13.3. The summed E-state index contributed by atoms with van der Waals surface area (Å²) in [4.78, 5) is 163. The fourth-order valence-corrected chi connectivity index (χ4v) is 10.6. The SMILES string of the molecule is CN(CCCNC(=O)c1cccc(C(=O)O)c1)CCCNC(=O)c1cc(NC(=O)c2cc(NC(=O)c3cc(NC(=O)c4nc(NC(=O)[C@H](N)CCNC(=O)c5cc(NC(=O)c6cc(NC(=O)c7cc(NC(=O)c8nccn8C)cn7C)cn6C)cn5C)cn4C)cn3C)cn2C)cn1C.O=C(O)C(F)(F)F. The van der Waals surface area contributed by atoms with E-state index in [4.69, 9.17) is 15.6 Å². The van der Waals surface area contributed by atoms with Crippen LogP contribution in [0.2, 0.25) is 0 Å². The number of alkyl halides is 3. The van der Waals surface area contributed by atoms with Crippen molar-refractivity contribution in [3.05, 3.63) is 173 Å². The van der Waals surface area contributed by atoms with Crippen molar-refractivity contribution >= 4 is 111 Å². The number of aromatic carboxylic acids is 1. The second-order valence-corrected chi connectivity index (χ2v) is 24.3. The molecule has 0 radical (unpaired) electrons. The lowest BCUT2D eigenvalue weighted by Crippen LogP contribution is -2.39. The van der Waals surface area contributed by atoms with E-state index in [0.717, 1.165) is 0 Å². The van der Waals surface area contributed by atoms with Crippen molar-refractivity contribution in [2.45, 2.75) is 31.5 Å². The number of aliphatic carboxylic acids is 1. The first kappa shape index (κ1) is 78.4. The van der Waals surface area contributed by atoms with Gasteiger partial charge < -0.3 is 111 Å². The van der Waals surface area contributed by atoms with Gasteiger partial charge in [-0.2, -0.15) is 13.2 Å². The molecule has 36 nitrogen and oxygen atoms in total. The van der Waals surface area contributed by atoms with E-state index >= 15 is 0 Å². The van der Waals surface area contributed by atoms with Gasteiger partial charge in [0.05, 0.1) is 45.7 Å². The number of halogens is 3.